The van der Waals surface area contributed by atoms with Crippen molar-refractivity contribution in [2.45, 2.75) is 11.8 Å². The number of nitrogens with zero attached hydrogens (tertiary/aromatic N) is 2. The summed E-state index contributed by atoms with van der Waals surface area (Å²) < 4.78 is 5.59. The standard InChI is InChI=1S/C17H14ClN3O2S/c18-13-6-8-14(9-7-13)23-10-16-19-17(21-20-16)24-11-15(22)12-4-2-1-3-5-12/h1-9H,10-11H2,(H,19,20,21). The number of carbonyl (C=O) groups excluding carboxylic acids is 1. The highest BCUT2D eigenvalue weighted by molar-refractivity contribution is 7.99. The summed E-state index contributed by atoms with van der Waals surface area (Å²) in [6.45, 7) is 0.266. The first-order chi connectivity index (χ1) is 11.7. The van der Waals surface area contributed by atoms with Crippen molar-refractivity contribution < 1.29 is 9.53 Å². The third-order valence-corrected chi connectivity index (χ3v) is 4.23. The number of carbonyl (C=O) groups is 1. The Bertz CT molecular complexity index is 806. The lowest BCUT2D eigenvalue weighted by atomic mass is 10.2. The third kappa shape index (κ3) is 4.59. The van der Waals surface area contributed by atoms with Crippen LogP contribution in [0.25, 0.3) is 0 Å². The van der Waals surface area contributed by atoms with E-state index in [2.05, 4.69) is 15.2 Å². The van der Waals surface area contributed by atoms with Crippen molar-refractivity contribution in [3.8, 4) is 5.75 Å². The summed E-state index contributed by atoms with van der Waals surface area (Å²) in [7, 11) is 0. The molecule has 24 heavy (non-hydrogen) atoms. The largest absolute Gasteiger partial charge is 0.486 e. The molecule has 0 fully saturated rings. The van der Waals surface area contributed by atoms with Gasteiger partial charge in [-0.2, -0.15) is 0 Å². The van der Waals surface area contributed by atoms with E-state index < -0.39 is 0 Å². The van der Waals surface area contributed by atoms with Crippen LogP contribution in [0.3, 0.4) is 0 Å². The molecule has 1 N–H and O–H groups in total. The summed E-state index contributed by atoms with van der Waals surface area (Å²) in [5.41, 5.74) is 0.687. The molecule has 3 rings (SSSR count). The summed E-state index contributed by atoms with van der Waals surface area (Å²) >= 11 is 7.11. The van der Waals surface area contributed by atoms with Crippen LogP contribution in [0.4, 0.5) is 0 Å². The Kier molecular flexibility index (Phi) is 5.51. The Hall–Kier alpha value is -2.31. The highest BCUT2D eigenvalue weighted by Gasteiger charge is 2.09. The molecular formula is C17H14ClN3O2S. The average molecular weight is 360 g/mol. The van der Waals surface area contributed by atoms with Crippen molar-refractivity contribution in [2.24, 2.45) is 0 Å². The number of aromatic nitrogens is 3. The zero-order chi connectivity index (χ0) is 16.8. The lowest BCUT2D eigenvalue weighted by molar-refractivity contribution is 0.102. The van der Waals surface area contributed by atoms with Gasteiger partial charge in [0.2, 0.25) is 5.16 Å². The number of Topliss-reactive ketones (excluding diaryl/α,β-unsaturated/α-hetero) is 1. The SMILES string of the molecule is O=C(CSc1n[nH]c(COc2ccc(Cl)cc2)n1)c1ccccc1. The molecule has 0 aliphatic rings. The van der Waals surface area contributed by atoms with E-state index in [1.165, 1.54) is 11.8 Å². The molecule has 0 radical (unpaired) electrons. The molecule has 7 heteroatoms. The molecule has 1 heterocycles. The first-order valence-corrected chi connectivity index (χ1v) is 8.58. The van der Waals surface area contributed by atoms with Crippen LogP contribution < -0.4 is 4.74 Å². The lowest BCUT2D eigenvalue weighted by Gasteiger charge is -2.03. The second-order valence-electron chi connectivity index (χ2n) is 4.89. The Labute approximate surface area is 148 Å². The second kappa shape index (κ2) is 7.99. The van der Waals surface area contributed by atoms with Gasteiger partial charge in [0.1, 0.15) is 12.4 Å². The van der Waals surface area contributed by atoms with E-state index >= 15 is 0 Å². The Morgan fingerprint density at radius 3 is 2.62 bits per heavy atom. The molecule has 1 aromatic heterocycles. The number of rotatable bonds is 7. The van der Waals surface area contributed by atoms with Gasteiger partial charge < -0.3 is 4.74 Å². The lowest BCUT2D eigenvalue weighted by Crippen LogP contribution is -2.02. The minimum atomic E-state index is 0.0457. The molecule has 0 aliphatic heterocycles. The number of ketones is 1. The van der Waals surface area contributed by atoms with Gasteiger partial charge in [0, 0.05) is 10.6 Å². The summed E-state index contributed by atoms with van der Waals surface area (Å²) in [4.78, 5) is 16.3. The van der Waals surface area contributed by atoms with Gasteiger partial charge in [-0.3, -0.25) is 9.89 Å². The zero-order valence-corrected chi connectivity index (χ0v) is 14.2. The van der Waals surface area contributed by atoms with Crippen LogP contribution in [0.15, 0.2) is 59.8 Å². The van der Waals surface area contributed by atoms with Gasteiger partial charge in [-0.25, -0.2) is 4.98 Å². The number of aromatic amines is 1. The van der Waals surface area contributed by atoms with Gasteiger partial charge in [0.25, 0.3) is 0 Å². The van der Waals surface area contributed by atoms with E-state index in [0.29, 0.717) is 33.1 Å². The summed E-state index contributed by atoms with van der Waals surface area (Å²) in [6.07, 6.45) is 0. The molecule has 0 saturated heterocycles. The maximum Gasteiger partial charge on any atom is 0.208 e. The maximum atomic E-state index is 12.0. The van der Waals surface area contributed by atoms with Crippen LogP contribution in [0.2, 0.25) is 5.02 Å². The second-order valence-corrected chi connectivity index (χ2v) is 6.26. The first kappa shape index (κ1) is 16.5. The van der Waals surface area contributed by atoms with Crippen molar-refractivity contribution in [1.82, 2.24) is 15.2 Å². The quantitative estimate of drug-likeness (QED) is 0.510. The highest BCUT2D eigenvalue weighted by Crippen LogP contribution is 2.18. The topological polar surface area (TPSA) is 67.9 Å². The number of hydrogen-bond donors (Lipinski definition) is 1. The van der Waals surface area contributed by atoms with E-state index in [9.17, 15) is 4.79 Å². The maximum absolute atomic E-state index is 12.0. The van der Waals surface area contributed by atoms with E-state index in [0.717, 1.165) is 0 Å². The predicted molar refractivity (Wildman–Crippen MR) is 93.7 cm³/mol. The number of hydrogen-bond acceptors (Lipinski definition) is 5. The number of halogens is 1. The fraction of sp³-hybridized carbons (Fsp3) is 0.118. The molecular weight excluding hydrogens is 346 g/mol. The van der Waals surface area contributed by atoms with Crippen molar-refractivity contribution in [2.75, 3.05) is 5.75 Å². The number of benzene rings is 2. The molecule has 0 atom stereocenters. The predicted octanol–water partition coefficient (Wildman–Crippen LogP) is 4.01. The van der Waals surface area contributed by atoms with Gasteiger partial charge in [-0.1, -0.05) is 53.7 Å². The number of ether oxygens (including phenoxy) is 1. The van der Waals surface area contributed by atoms with Crippen LogP contribution in [-0.2, 0) is 6.61 Å². The van der Waals surface area contributed by atoms with Crippen LogP contribution in [0.1, 0.15) is 16.2 Å². The molecule has 3 aromatic rings. The van der Waals surface area contributed by atoms with Crippen LogP contribution in [0.5, 0.6) is 5.75 Å². The summed E-state index contributed by atoms with van der Waals surface area (Å²) in [5, 5.41) is 8.07. The molecule has 0 aliphatic carbocycles. The van der Waals surface area contributed by atoms with E-state index in [4.69, 9.17) is 16.3 Å². The Balaban J connectivity index is 1.50. The fourth-order valence-electron chi connectivity index (χ4n) is 1.93. The number of nitrogens with one attached hydrogen (secondary N) is 1. The van der Waals surface area contributed by atoms with Crippen molar-refractivity contribution in [3.63, 3.8) is 0 Å². The minimum Gasteiger partial charge on any atom is -0.486 e. The number of H-pyrrole nitrogens is 1. The molecule has 2 aromatic carbocycles. The third-order valence-electron chi connectivity index (χ3n) is 3.13. The number of thioether (sulfide) groups is 1. The molecule has 0 amide bonds. The van der Waals surface area contributed by atoms with Gasteiger partial charge in [0.15, 0.2) is 11.6 Å². The Morgan fingerprint density at radius 1 is 1.12 bits per heavy atom. The van der Waals surface area contributed by atoms with Gasteiger partial charge in [-0.05, 0) is 24.3 Å². The average Bonchev–Trinajstić information content (AvgIpc) is 3.08. The molecule has 0 spiro atoms. The minimum absolute atomic E-state index is 0.0457. The molecule has 0 unspecified atom stereocenters. The monoisotopic (exact) mass is 359 g/mol. The highest BCUT2D eigenvalue weighted by atomic mass is 35.5. The Morgan fingerprint density at radius 2 is 1.88 bits per heavy atom. The van der Waals surface area contributed by atoms with Crippen molar-refractivity contribution >= 4 is 29.1 Å². The van der Waals surface area contributed by atoms with Crippen LogP contribution >= 0.6 is 23.4 Å². The van der Waals surface area contributed by atoms with Crippen LogP contribution in [-0.4, -0.2) is 26.7 Å². The summed E-state index contributed by atoms with van der Waals surface area (Å²) in [6, 6.07) is 16.2. The molecule has 5 nitrogen and oxygen atoms in total. The fourth-order valence-corrected chi connectivity index (χ4v) is 2.76. The van der Waals surface area contributed by atoms with Gasteiger partial charge in [0.05, 0.1) is 5.75 Å². The van der Waals surface area contributed by atoms with Gasteiger partial charge >= 0.3 is 0 Å². The molecule has 122 valence electrons. The summed E-state index contributed by atoms with van der Waals surface area (Å²) in [5.74, 6) is 1.63. The molecule has 0 bridgehead atoms. The van der Waals surface area contributed by atoms with Crippen molar-refractivity contribution in [1.29, 1.82) is 0 Å². The van der Waals surface area contributed by atoms with Crippen molar-refractivity contribution in [3.05, 3.63) is 71.0 Å². The smallest absolute Gasteiger partial charge is 0.208 e. The first-order valence-electron chi connectivity index (χ1n) is 7.21. The molecule has 0 saturated carbocycles. The van der Waals surface area contributed by atoms with E-state index in [1.54, 1.807) is 36.4 Å². The van der Waals surface area contributed by atoms with E-state index in [-0.39, 0.29) is 12.4 Å². The van der Waals surface area contributed by atoms with Crippen LogP contribution in [0, 0.1) is 0 Å². The normalized spacial score (nSPS) is 10.5. The zero-order valence-electron chi connectivity index (χ0n) is 12.6. The van der Waals surface area contributed by atoms with E-state index in [1.807, 2.05) is 18.2 Å². The van der Waals surface area contributed by atoms with Gasteiger partial charge in [-0.15, -0.1) is 5.10 Å².